The molecule has 0 radical (unpaired) electrons. The monoisotopic (exact) mass is 416 g/mol. The Kier molecular flexibility index (Phi) is 5.72. The molecule has 0 unspecified atom stereocenters. The predicted molar refractivity (Wildman–Crippen MR) is 105 cm³/mol. The van der Waals surface area contributed by atoms with E-state index in [1.165, 1.54) is 18.7 Å². The minimum absolute atomic E-state index is 0. The van der Waals surface area contributed by atoms with Gasteiger partial charge in [-0.3, -0.25) is 23.3 Å². The SMILES string of the molecule is Cn1c(=O)c2c(nc3n(Cc4ccccc4)c(O)c(CC#N)c(=O)n23)n(C)c1=O.[H-].[Na+]. The first-order valence-corrected chi connectivity index (χ1v) is 8.70. The fourth-order valence-electron chi connectivity index (χ4n) is 3.39. The third-order valence-electron chi connectivity index (χ3n) is 4.91. The second kappa shape index (κ2) is 7.95. The third kappa shape index (κ3) is 3.08. The van der Waals surface area contributed by atoms with E-state index in [1.807, 2.05) is 36.4 Å². The predicted octanol–water partition coefficient (Wildman–Crippen LogP) is -3.02. The van der Waals surface area contributed by atoms with Crippen molar-refractivity contribution in [3.63, 3.8) is 0 Å². The maximum Gasteiger partial charge on any atom is 1.00 e. The molecule has 0 spiro atoms. The van der Waals surface area contributed by atoms with Crippen LogP contribution in [-0.2, 0) is 27.1 Å². The van der Waals surface area contributed by atoms with Crippen molar-refractivity contribution in [1.29, 1.82) is 5.26 Å². The number of aryl methyl sites for hydroxylation is 1. The van der Waals surface area contributed by atoms with Crippen molar-refractivity contribution < 1.29 is 36.1 Å². The van der Waals surface area contributed by atoms with Gasteiger partial charge in [-0.15, -0.1) is 0 Å². The summed E-state index contributed by atoms with van der Waals surface area (Å²) < 4.78 is 4.46. The molecule has 1 aromatic carbocycles. The molecular formula is C19H17N6NaO4. The van der Waals surface area contributed by atoms with Gasteiger partial charge < -0.3 is 6.53 Å². The van der Waals surface area contributed by atoms with Crippen LogP contribution in [0, 0.1) is 11.3 Å². The van der Waals surface area contributed by atoms with Crippen molar-refractivity contribution in [2.45, 2.75) is 13.0 Å². The molecule has 0 amide bonds. The standard InChI is InChI=1S/C19H16N6O4.Na.H/c1-22-14-13(17(28)23(2)19(22)29)25-16(27)12(8-9-20)15(26)24(18(25)21-14)10-11-6-4-3-5-7-11;;/h3-7,26H,8,10H2,1-2H3;;/q;+1;-1. The van der Waals surface area contributed by atoms with Crippen LogP contribution in [0.2, 0.25) is 0 Å². The topological polar surface area (TPSA) is 127 Å². The first-order valence-electron chi connectivity index (χ1n) is 8.70. The molecule has 148 valence electrons. The van der Waals surface area contributed by atoms with Gasteiger partial charge in [0.15, 0.2) is 11.2 Å². The number of hydrogen-bond donors (Lipinski definition) is 1. The molecule has 1 N–H and O–H groups in total. The Balaban J connectivity index is 0.00000171. The van der Waals surface area contributed by atoms with Gasteiger partial charge in [0.05, 0.1) is 24.6 Å². The number of benzene rings is 1. The molecule has 0 aliphatic heterocycles. The first-order chi connectivity index (χ1) is 13.9. The molecule has 0 aliphatic carbocycles. The Labute approximate surface area is 192 Å². The number of rotatable bonds is 3. The molecule has 11 heteroatoms. The smallest absolute Gasteiger partial charge is 1.00 e. The number of hydrogen-bond acceptors (Lipinski definition) is 6. The average molecular weight is 416 g/mol. The summed E-state index contributed by atoms with van der Waals surface area (Å²) in [5, 5.41) is 19.9. The molecule has 0 atom stereocenters. The number of aromatic hydroxyl groups is 1. The zero-order valence-electron chi connectivity index (χ0n) is 17.7. The summed E-state index contributed by atoms with van der Waals surface area (Å²) in [7, 11) is 2.75. The van der Waals surface area contributed by atoms with E-state index < -0.39 is 22.7 Å². The van der Waals surface area contributed by atoms with Gasteiger partial charge in [-0.25, -0.2) is 9.20 Å². The van der Waals surface area contributed by atoms with Gasteiger partial charge in [0.25, 0.3) is 11.1 Å². The molecule has 4 aromatic rings. The molecule has 0 aliphatic rings. The van der Waals surface area contributed by atoms with Crippen molar-refractivity contribution in [2.75, 3.05) is 0 Å². The van der Waals surface area contributed by atoms with Crippen LogP contribution >= 0.6 is 0 Å². The molecule has 10 nitrogen and oxygen atoms in total. The van der Waals surface area contributed by atoms with Gasteiger partial charge in [0, 0.05) is 14.1 Å². The number of fused-ring (bicyclic) bond motifs is 3. The zero-order chi connectivity index (χ0) is 20.9. The van der Waals surface area contributed by atoms with Crippen LogP contribution in [0.1, 0.15) is 12.6 Å². The van der Waals surface area contributed by atoms with E-state index in [9.17, 15) is 19.5 Å². The summed E-state index contributed by atoms with van der Waals surface area (Å²) in [5.41, 5.74) is -1.40. The van der Waals surface area contributed by atoms with Crippen molar-refractivity contribution >= 4 is 16.9 Å². The second-order valence-electron chi connectivity index (χ2n) is 6.64. The molecule has 0 saturated carbocycles. The molecule has 30 heavy (non-hydrogen) atoms. The van der Waals surface area contributed by atoms with E-state index >= 15 is 0 Å². The summed E-state index contributed by atoms with van der Waals surface area (Å²) in [6.45, 7) is 0.145. The fraction of sp³-hybridized carbons (Fsp3) is 0.211. The molecule has 0 bridgehead atoms. The fourth-order valence-corrected chi connectivity index (χ4v) is 3.39. The van der Waals surface area contributed by atoms with Crippen LogP contribution < -0.4 is 46.4 Å². The van der Waals surface area contributed by atoms with Crippen molar-refractivity contribution in [3.05, 3.63) is 72.7 Å². The van der Waals surface area contributed by atoms with Gasteiger partial charge >= 0.3 is 35.2 Å². The van der Waals surface area contributed by atoms with Gasteiger partial charge in [0.1, 0.15) is 0 Å². The third-order valence-corrected chi connectivity index (χ3v) is 4.91. The van der Waals surface area contributed by atoms with E-state index in [0.29, 0.717) is 0 Å². The number of imidazole rings is 1. The molecule has 3 aromatic heterocycles. The van der Waals surface area contributed by atoms with Crippen LogP contribution in [0.3, 0.4) is 0 Å². The molecule has 4 rings (SSSR count). The summed E-state index contributed by atoms with van der Waals surface area (Å²) in [6, 6.07) is 11.0. The molecular weight excluding hydrogens is 399 g/mol. The summed E-state index contributed by atoms with van der Waals surface area (Å²) >= 11 is 0. The number of nitriles is 1. The Morgan fingerprint density at radius 2 is 1.77 bits per heavy atom. The maximum absolute atomic E-state index is 13.0. The van der Waals surface area contributed by atoms with Crippen molar-refractivity contribution in [3.8, 4) is 11.9 Å². The van der Waals surface area contributed by atoms with E-state index in [-0.39, 0.29) is 66.5 Å². The van der Waals surface area contributed by atoms with Gasteiger partial charge in [-0.2, -0.15) is 10.2 Å². The van der Waals surface area contributed by atoms with E-state index in [4.69, 9.17) is 5.26 Å². The van der Waals surface area contributed by atoms with Crippen LogP contribution in [0.25, 0.3) is 16.9 Å². The Hall–Kier alpha value is -3.13. The summed E-state index contributed by atoms with van der Waals surface area (Å²) in [5.74, 6) is -0.392. The van der Waals surface area contributed by atoms with E-state index in [0.717, 1.165) is 19.1 Å². The van der Waals surface area contributed by atoms with E-state index in [2.05, 4.69) is 4.98 Å². The van der Waals surface area contributed by atoms with Crippen LogP contribution in [-0.4, -0.2) is 28.2 Å². The minimum Gasteiger partial charge on any atom is -1.00 e. The van der Waals surface area contributed by atoms with E-state index in [1.54, 1.807) is 0 Å². The van der Waals surface area contributed by atoms with Crippen LogP contribution in [0.4, 0.5) is 0 Å². The van der Waals surface area contributed by atoms with Crippen LogP contribution in [0.15, 0.2) is 44.7 Å². The minimum atomic E-state index is -0.721. The van der Waals surface area contributed by atoms with Gasteiger partial charge in [-0.1, -0.05) is 30.3 Å². The van der Waals surface area contributed by atoms with Gasteiger partial charge in [-0.05, 0) is 5.56 Å². The molecule has 0 saturated heterocycles. The second-order valence-corrected chi connectivity index (χ2v) is 6.64. The molecule has 0 fully saturated rings. The first kappa shape index (κ1) is 21.6. The average Bonchev–Trinajstić information content (AvgIpc) is 3.13. The van der Waals surface area contributed by atoms with Crippen molar-refractivity contribution in [2.24, 2.45) is 14.1 Å². The van der Waals surface area contributed by atoms with Gasteiger partial charge in [0.2, 0.25) is 11.7 Å². The Morgan fingerprint density at radius 3 is 2.40 bits per heavy atom. The summed E-state index contributed by atoms with van der Waals surface area (Å²) in [4.78, 5) is 42.4. The Bertz CT molecular complexity index is 1510. The molecule has 3 heterocycles. The normalized spacial score (nSPS) is 10.8. The number of nitrogens with zero attached hydrogens (tertiary/aromatic N) is 6. The van der Waals surface area contributed by atoms with Crippen molar-refractivity contribution in [1.82, 2.24) is 23.1 Å². The number of aromatic nitrogens is 5. The zero-order valence-corrected chi connectivity index (χ0v) is 18.7. The quantitative estimate of drug-likeness (QED) is 0.354. The largest absolute Gasteiger partial charge is 1.00 e. The maximum atomic E-state index is 13.0. The van der Waals surface area contributed by atoms with Crippen LogP contribution in [0.5, 0.6) is 5.88 Å². The summed E-state index contributed by atoms with van der Waals surface area (Å²) in [6.07, 6.45) is -0.346. The Morgan fingerprint density at radius 1 is 1.10 bits per heavy atom.